The van der Waals surface area contributed by atoms with Gasteiger partial charge in [-0.2, -0.15) is 9.97 Å². The predicted molar refractivity (Wildman–Crippen MR) is 88.4 cm³/mol. The van der Waals surface area contributed by atoms with Crippen molar-refractivity contribution in [3.63, 3.8) is 0 Å². The van der Waals surface area contributed by atoms with Crippen LogP contribution in [0.1, 0.15) is 13.8 Å². The second-order valence-electron chi connectivity index (χ2n) is 4.76. The minimum Gasteiger partial charge on any atom is -0.341 e. The van der Waals surface area contributed by atoms with Crippen molar-refractivity contribution in [1.82, 2.24) is 19.9 Å². The van der Waals surface area contributed by atoms with E-state index in [1.165, 1.54) is 0 Å². The Bertz CT molecular complexity index is 755. The quantitative estimate of drug-likeness (QED) is 0.780. The molecule has 6 heteroatoms. The van der Waals surface area contributed by atoms with Crippen LogP contribution >= 0.6 is 0 Å². The first-order chi connectivity index (χ1) is 10.8. The van der Waals surface area contributed by atoms with E-state index in [1.807, 2.05) is 30.3 Å². The lowest BCUT2D eigenvalue weighted by Gasteiger charge is -2.19. The molecule has 0 bridgehead atoms. The summed E-state index contributed by atoms with van der Waals surface area (Å²) < 4.78 is 0. The molecule has 1 aromatic carbocycles. The highest BCUT2D eigenvalue weighted by Crippen LogP contribution is 2.23. The van der Waals surface area contributed by atoms with Crippen molar-refractivity contribution in [2.45, 2.75) is 13.8 Å². The van der Waals surface area contributed by atoms with Crippen LogP contribution in [0, 0.1) is 0 Å². The Morgan fingerprint density at radius 1 is 0.955 bits per heavy atom. The number of rotatable bonds is 5. The monoisotopic (exact) mass is 294 g/mol. The number of benzene rings is 1. The summed E-state index contributed by atoms with van der Waals surface area (Å²) in [7, 11) is 0. The van der Waals surface area contributed by atoms with Gasteiger partial charge < -0.3 is 10.2 Å². The molecule has 1 N–H and O–H groups in total. The molecule has 0 fully saturated rings. The number of hydrogen-bond acceptors (Lipinski definition) is 6. The van der Waals surface area contributed by atoms with Gasteiger partial charge in [0.25, 0.3) is 0 Å². The maximum atomic E-state index is 4.64. The molecule has 3 rings (SSSR count). The van der Waals surface area contributed by atoms with Crippen molar-refractivity contribution in [1.29, 1.82) is 0 Å². The zero-order valence-electron chi connectivity index (χ0n) is 12.7. The van der Waals surface area contributed by atoms with Gasteiger partial charge in [-0.25, -0.2) is 9.97 Å². The first kappa shape index (κ1) is 14.2. The van der Waals surface area contributed by atoms with Crippen molar-refractivity contribution in [3.05, 3.63) is 42.7 Å². The summed E-state index contributed by atoms with van der Waals surface area (Å²) in [6, 6.07) is 9.90. The summed E-state index contributed by atoms with van der Waals surface area (Å²) >= 11 is 0. The second-order valence-corrected chi connectivity index (χ2v) is 4.76. The van der Waals surface area contributed by atoms with Gasteiger partial charge in [0.05, 0.1) is 0 Å². The highest BCUT2D eigenvalue weighted by molar-refractivity contribution is 5.85. The smallest absolute Gasteiger partial charge is 0.229 e. The van der Waals surface area contributed by atoms with Crippen molar-refractivity contribution < 1.29 is 0 Å². The minimum atomic E-state index is 0.595. The van der Waals surface area contributed by atoms with E-state index < -0.39 is 0 Å². The molecule has 0 aliphatic rings. The van der Waals surface area contributed by atoms with Crippen LogP contribution < -0.4 is 10.2 Å². The fourth-order valence-electron chi connectivity index (χ4n) is 2.25. The number of anilines is 3. The summed E-state index contributed by atoms with van der Waals surface area (Å²) in [6.07, 6.45) is 3.30. The third-order valence-electron chi connectivity index (χ3n) is 3.40. The molecule has 0 unspecified atom stereocenters. The number of nitrogens with one attached hydrogen (secondary N) is 1. The standard InChI is InChI=1S/C16H18N6/c1-3-22(4-2)16-20-14-13(17-10-11-18-14)15(21-16)19-12-8-6-5-7-9-12/h5-11H,3-4H2,1-2H3,(H,18,19,20,21). The number of fused-ring (bicyclic) bond motifs is 1. The topological polar surface area (TPSA) is 66.8 Å². The van der Waals surface area contributed by atoms with E-state index in [0.717, 1.165) is 18.8 Å². The largest absolute Gasteiger partial charge is 0.341 e. The van der Waals surface area contributed by atoms with Crippen LogP contribution in [-0.2, 0) is 0 Å². The lowest BCUT2D eigenvalue weighted by atomic mass is 10.3. The molecule has 0 amide bonds. The Labute approximate surface area is 129 Å². The van der Waals surface area contributed by atoms with Crippen molar-refractivity contribution in [2.24, 2.45) is 0 Å². The highest BCUT2D eigenvalue weighted by atomic mass is 15.3. The van der Waals surface area contributed by atoms with Crippen LogP contribution in [0.25, 0.3) is 11.2 Å². The van der Waals surface area contributed by atoms with Gasteiger partial charge in [0.2, 0.25) is 5.95 Å². The molecule has 0 spiro atoms. The molecular weight excluding hydrogens is 276 g/mol. The molecule has 0 atom stereocenters. The number of nitrogens with zero attached hydrogens (tertiary/aromatic N) is 5. The molecule has 0 aliphatic heterocycles. The Balaban J connectivity index is 2.10. The van der Waals surface area contributed by atoms with Gasteiger partial charge in [-0.1, -0.05) is 18.2 Å². The van der Waals surface area contributed by atoms with E-state index in [1.54, 1.807) is 12.4 Å². The molecule has 0 saturated heterocycles. The van der Waals surface area contributed by atoms with Crippen LogP contribution in [0.15, 0.2) is 42.7 Å². The molecule has 6 nitrogen and oxygen atoms in total. The van der Waals surface area contributed by atoms with Gasteiger partial charge in [-0.15, -0.1) is 0 Å². The molecule has 2 aromatic heterocycles. The first-order valence-corrected chi connectivity index (χ1v) is 7.37. The zero-order chi connectivity index (χ0) is 15.4. The lowest BCUT2D eigenvalue weighted by molar-refractivity contribution is 0.825. The van der Waals surface area contributed by atoms with Crippen LogP contribution in [0.3, 0.4) is 0 Å². The molecule has 0 aliphatic carbocycles. The van der Waals surface area contributed by atoms with Gasteiger partial charge in [0, 0.05) is 31.2 Å². The first-order valence-electron chi connectivity index (χ1n) is 7.37. The van der Waals surface area contributed by atoms with Crippen molar-refractivity contribution in [3.8, 4) is 0 Å². The number of hydrogen-bond donors (Lipinski definition) is 1. The van der Waals surface area contributed by atoms with E-state index in [9.17, 15) is 0 Å². The summed E-state index contributed by atoms with van der Waals surface area (Å²) in [5, 5.41) is 3.31. The van der Waals surface area contributed by atoms with Crippen LogP contribution in [0.5, 0.6) is 0 Å². The van der Waals surface area contributed by atoms with Crippen LogP contribution in [0.4, 0.5) is 17.5 Å². The molecule has 3 aromatic rings. The molecule has 0 radical (unpaired) electrons. The van der Waals surface area contributed by atoms with Gasteiger partial charge in [0.15, 0.2) is 17.0 Å². The summed E-state index contributed by atoms with van der Waals surface area (Å²) in [4.78, 5) is 19.9. The van der Waals surface area contributed by atoms with Crippen LogP contribution in [-0.4, -0.2) is 33.0 Å². The molecular formula is C16H18N6. The third-order valence-corrected chi connectivity index (χ3v) is 3.40. The fraction of sp³-hybridized carbons (Fsp3) is 0.250. The Morgan fingerprint density at radius 3 is 2.41 bits per heavy atom. The third kappa shape index (κ3) is 2.81. The second kappa shape index (κ2) is 6.34. The minimum absolute atomic E-state index is 0.595. The fourth-order valence-corrected chi connectivity index (χ4v) is 2.25. The summed E-state index contributed by atoms with van der Waals surface area (Å²) in [5.74, 6) is 1.34. The Kier molecular flexibility index (Phi) is 4.09. The molecule has 22 heavy (non-hydrogen) atoms. The average Bonchev–Trinajstić information content (AvgIpc) is 2.57. The maximum absolute atomic E-state index is 4.64. The molecule has 2 heterocycles. The van der Waals surface area contributed by atoms with E-state index >= 15 is 0 Å². The Morgan fingerprint density at radius 2 is 1.68 bits per heavy atom. The zero-order valence-corrected chi connectivity index (χ0v) is 12.7. The molecule has 112 valence electrons. The van der Waals surface area contributed by atoms with Gasteiger partial charge >= 0.3 is 0 Å². The van der Waals surface area contributed by atoms with Gasteiger partial charge in [0.1, 0.15) is 0 Å². The van der Waals surface area contributed by atoms with E-state index in [-0.39, 0.29) is 0 Å². The van der Waals surface area contributed by atoms with E-state index in [0.29, 0.717) is 22.9 Å². The van der Waals surface area contributed by atoms with Crippen molar-refractivity contribution in [2.75, 3.05) is 23.3 Å². The average molecular weight is 294 g/mol. The maximum Gasteiger partial charge on any atom is 0.229 e. The summed E-state index contributed by atoms with van der Waals surface area (Å²) in [6.45, 7) is 5.84. The van der Waals surface area contributed by atoms with Gasteiger partial charge in [-0.3, -0.25) is 0 Å². The summed E-state index contributed by atoms with van der Waals surface area (Å²) in [5.41, 5.74) is 2.22. The van der Waals surface area contributed by atoms with E-state index in [4.69, 9.17) is 0 Å². The van der Waals surface area contributed by atoms with Crippen LogP contribution in [0.2, 0.25) is 0 Å². The molecule has 0 saturated carbocycles. The highest BCUT2D eigenvalue weighted by Gasteiger charge is 2.13. The normalized spacial score (nSPS) is 10.6. The predicted octanol–water partition coefficient (Wildman–Crippen LogP) is 3.01. The lowest BCUT2D eigenvalue weighted by Crippen LogP contribution is -2.24. The number of para-hydroxylation sites is 1. The van der Waals surface area contributed by atoms with E-state index in [2.05, 4.69) is 44.0 Å². The SMILES string of the molecule is CCN(CC)c1nc(Nc2ccccc2)c2nccnc2n1. The van der Waals surface area contributed by atoms with Crippen molar-refractivity contribution >= 4 is 28.6 Å². The number of aromatic nitrogens is 4. The Hall–Kier alpha value is -2.76. The van der Waals surface area contributed by atoms with Gasteiger partial charge in [-0.05, 0) is 26.0 Å².